The molecule has 3 rings (SSSR count). The van der Waals surface area contributed by atoms with Crippen LogP contribution in [-0.2, 0) is 9.53 Å². The lowest BCUT2D eigenvalue weighted by atomic mass is 10.1. The maximum Gasteiger partial charge on any atom is 0.339 e. The van der Waals surface area contributed by atoms with Crippen molar-refractivity contribution in [3.63, 3.8) is 0 Å². The summed E-state index contributed by atoms with van der Waals surface area (Å²) >= 11 is 0. The Kier molecular flexibility index (Phi) is 6.81. The number of ether oxygens (including phenoxy) is 2. The van der Waals surface area contributed by atoms with E-state index in [0.717, 1.165) is 16.0 Å². The average molecular weight is 421 g/mol. The second-order valence-corrected chi connectivity index (χ2v) is 6.66. The van der Waals surface area contributed by atoms with Gasteiger partial charge >= 0.3 is 5.97 Å². The number of aromatic nitrogens is 2. The van der Waals surface area contributed by atoms with E-state index in [4.69, 9.17) is 9.47 Å². The van der Waals surface area contributed by atoms with Crippen LogP contribution >= 0.6 is 0 Å². The van der Waals surface area contributed by atoms with Crippen molar-refractivity contribution in [1.82, 2.24) is 9.78 Å². The van der Waals surface area contributed by atoms with Gasteiger partial charge < -0.3 is 14.8 Å². The minimum Gasteiger partial charge on any atom is -0.494 e. The first-order chi connectivity index (χ1) is 14.9. The molecule has 0 saturated heterocycles. The maximum atomic E-state index is 12.8. The third kappa shape index (κ3) is 4.98. The molecule has 0 saturated carbocycles. The van der Waals surface area contributed by atoms with E-state index in [-0.39, 0.29) is 5.56 Å². The number of amides is 1. The largest absolute Gasteiger partial charge is 0.494 e. The molecule has 1 unspecified atom stereocenters. The van der Waals surface area contributed by atoms with Gasteiger partial charge in [-0.2, -0.15) is 5.10 Å². The molecule has 0 aliphatic heterocycles. The Morgan fingerprint density at radius 2 is 1.77 bits per heavy atom. The topological polar surface area (TPSA) is 99.5 Å². The highest BCUT2D eigenvalue weighted by atomic mass is 16.5. The number of nitrogens with zero attached hydrogens (tertiary/aromatic N) is 2. The van der Waals surface area contributed by atoms with Crippen LogP contribution in [0, 0.1) is 0 Å². The van der Waals surface area contributed by atoms with E-state index in [1.807, 2.05) is 31.2 Å². The summed E-state index contributed by atoms with van der Waals surface area (Å²) < 4.78 is 11.3. The quantitative estimate of drug-likeness (QED) is 0.588. The fourth-order valence-corrected chi connectivity index (χ4v) is 2.97. The van der Waals surface area contributed by atoms with Gasteiger partial charge in [-0.25, -0.2) is 9.48 Å². The van der Waals surface area contributed by atoms with Crippen LogP contribution in [-0.4, -0.2) is 35.4 Å². The van der Waals surface area contributed by atoms with E-state index >= 15 is 0 Å². The third-order valence-electron chi connectivity index (χ3n) is 4.62. The summed E-state index contributed by atoms with van der Waals surface area (Å²) in [6, 6.07) is 15.8. The summed E-state index contributed by atoms with van der Waals surface area (Å²) in [4.78, 5) is 37.1. The molecule has 1 heterocycles. The highest BCUT2D eigenvalue weighted by Gasteiger charge is 2.21. The van der Waals surface area contributed by atoms with Crippen LogP contribution in [0.5, 0.6) is 5.75 Å². The number of hydrogen-bond acceptors (Lipinski definition) is 6. The summed E-state index contributed by atoms with van der Waals surface area (Å²) in [5, 5.41) is 7.04. The second-order valence-electron chi connectivity index (χ2n) is 6.66. The molecule has 3 aromatic rings. The van der Waals surface area contributed by atoms with Crippen LogP contribution in [0.2, 0.25) is 0 Å². The normalized spacial score (nSPS) is 11.5. The first-order valence-corrected chi connectivity index (χ1v) is 9.76. The number of carbonyl (C=O) groups is 2. The zero-order valence-corrected chi connectivity index (χ0v) is 17.5. The van der Waals surface area contributed by atoms with Gasteiger partial charge in [-0.15, -0.1) is 0 Å². The predicted molar refractivity (Wildman–Crippen MR) is 116 cm³/mol. The second kappa shape index (κ2) is 9.71. The SMILES string of the molecule is CCOc1ccc(-c2ccc(=O)n(C(C)C(=O)Nc3ccccc3C(=O)OC)n2)cc1. The number of rotatable bonds is 7. The van der Waals surface area contributed by atoms with E-state index in [2.05, 4.69) is 10.4 Å². The molecule has 160 valence electrons. The number of esters is 1. The lowest BCUT2D eigenvalue weighted by Crippen LogP contribution is -2.33. The number of benzene rings is 2. The lowest BCUT2D eigenvalue weighted by Gasteiger charge is -2.16. The van der Waals surface area contributed by atoms with Crippen molar-refractivity contribution in [3.8, 4) is 17.0 Å². The summed E-state index contributed by atoms with van der Waals surface area (Å²) in [5.74, 6) is -0.331. The molecule has 0 fully saturated rings. The van der Waals surface area contributed by atoms with Crippen molar-refractivity contribution in [3.05, 3.63) is 76.6 Å². The first kappa shape index (κ1) is 21.8. The molecule has 1 aromatic heterocycles. The van der Waals surface area contributed by atoms with Crippen molar-refractivity contribution >= 4 is 17.6 Å². The lowest BCUT2D eigenvalue weighted by molar-refractivity contribution is -0.119. The van der Waals surface area contributed by atoms with Gasteiger partial charge in [-0.05, 0) is 56.3 Å². The molecule has 8 heteroatoms. The summed E-state index contributed by atoms with van der Waals surface area (Å²) in [7, 11) is 1.26. The number of carbonyl (C=O) groups excluding carboxylic acids is 2. The van der Waals surface area contributed by atoms with Gasteiger partial charge in [0.15, 0.2) is 0 Å². The van der Waals surface area contributed by atoms with Gasteiger partial charge in [0.05, 0.1) is 30.7 Å². The van der Waals surface area contributed by atoms with Crippen LogP contribution in [0.1, 0.15) is 30.2 Å². The summed E-state index contributed by atoms with van der Waals surface area (Å²) in [6.45, 7) is 4.03. The molecule has 2 aromatic carbocycles. The molecule has 0 spiro atoms. The van der Waals surface area contributed by atoms with Gasteiger partial charge in [0, 0.05) is 11.6 Å². The molecule has 1 N–H and O–H groups in total. The molecule has 0 aliphatic carbocycles. The van der Waals surface area contributed by atoms with Crippen LogP contribution in [0.3, 0.4) is 0 Å². The summed E-state index contributed by atoms with van der Waals surface area (Å²) in [5.41, 5.74) is 1.41. The average Bonchev–Trinajstić information content (AvgIpc) is 2.79. The highest BCUT2D eigenvalue weighted by molar-refractivity contribution is 6.02. The number of para-hydroxylation sites is 1. The van der Waals surface area contributed by atoms with Crippen LogP contribution in [0.25, 0.3) is 11.3 Å². The van der Waals surface area contributed by atoms with Crippen LogP contribution in [0.4, 0.5) is 5.69 Å². The van der Waals surface area contributed by atoms with Crippen molar-refractivity contribution in [2.45, 2.75) is 19.9 Å². The van der Waals surface area contributed by atoms with E-state index in [1.165, 1.54) is 13.2 Å². The Balaban J connectivity index is 1.86. The molecule has 31 heavy (non-hydrogen) atoms. The molecular weight excluding hydrogens is 398 g/mol. The fourth-order valence-electron chi connectivity index (χ4n) is 2.97. The number of nitrogens with one attached hydrogen (secondary N) is 1. The zero-order valence-electron chi connectivity index (χ0n) is 17.5. The fraction of sp³-hybridized carbons (Fsp3) is 0.217. The van der Waals surface area contributed by atoms with E-state index in [9.17, 15) is 14.4 Å². The molecule has 0 radical (unpaired) electrons. The molecule has 8 nitrogen and oxygen atoms in total. The van der Waals surface area contributed by atoms with Gasteiger partial charge in [0.1, 0.15) is 11.8 Å². The molecule has 1 atom stereocenters. The van der Waals surface area contributed by atoms with Crippen LogP contribution in [0.15, 0.2) is 65.5 Å². The van der Waals surface area contributed by atoms with Gasteiger partial charge in [0.25, 0.3) is 5.56 Å². The predicted octanol–water partition coefficient (Wildman–Crippen LogP) is 3.30. The van der Waals surface area contributed by atoms with Gasteiger partial charge in [-0.1, -0.05) is 12.1 Å². The monoisotopic (exact) mass is 421 g/mol. The molecule has 0 aliphatic rings. The number of anilines is 1. The van der Waals surface area contributed by atoms with Crippen LogP contribution < -0.4 is 15.6 Å². The minimum absolute atomic E-state index is 0.217. The first-order valence-electron chi connectivity index (χ1n) is 9.76. The Morgan fingerprint density at radius 1 is 1.06 bits per heavy atom. The van der Waals surface area contributed by atoms with E-state index < -0.39 is 23.5 Å². The standard InChI is InChI=1S/C23H23N3O5/c1-4-31-17-11-9-16(10-12-17)19-13-14-21(27)26(25-19)15(2)22(28)24-20-8-6-5-7-18(20)23(29)30-3/h5-15H,4H2,1-3H3,(H,24,28). The van der Waals surface area contributed by atoms with Crippen molar-refractivity contribution in [2.24, 2.45) is 0 Å². The maximum absolute atomic E-state index is 12.8. The number of hydrogen-bond donors (Lipinski definition) is 1. The Bertz CT molecular complexity index is 1140. The van der Waals surface area contributed by atoms with Gasteiger partial charge in [0.2, 0.25) is 5.91 Å². The third-order valence-corrected chi connectivity index (χ3v) is 4.62. The summed E-state index contributed by atoms with van der Waals surface area (Å²) in [6.07, 6.45) is 0. The molecule has 1 amide bonds. The smallest absolute Gasteiger partial charge is 0.339 e. The van der Waals surface area contributed by atoms with Crippen molar-refractivity contribution in [2.75, 3.05) is 19.0 Å². The molecule has 0 bridgehead atoms. The Morgan fingerprint density at radius 3 is 2.45 bits per heavy atom. The zero-order chi connectivity index (χ0) is 22.4. The van der Waals surface area contributed by atoms with E-state index in [0.29, 0.717) is 18.0 Å². The Labute approximate surface area is 179 Å². The van der Waals surface area contributed by atoms with Gasteiger partial charge in [-0.3, -0.25) is 9.59 Å². The van der Waals surface area contributed by atoms with Crippen molar-refractivity contribution < 1.29 is 19.1 Å². The molecular formula is C23H23N3O5. The van der Waals surface area contributed by atoms with E-state index in [1.54, 1.807) is 37.3 Å². The highest BCUT2D eigenvalue weighted by Crippen LogP contribution is 2.21. The van der Waals surface area contributed by atoms with Crippen molar-refractivity contribution in [1.29, 1.82) is 0 Å². The minimum atomic E-state index is -0.916. The number of methoxy groups -OCH3 is 1. The Hall–Kier alpha value is -3.94.